The summed E-state index contributed by atoms with van der Waals surface area (Å²) in [6, 6.07) is 2.50. The first-order chi connectivity index (χ1) is 7.41. The van der Waals surface area contributed by atoms with Crippen LogP contribution in [0.2, 0.25) is 0 Å². The van der Waals surface area contributed by atoms with Crippen LogP contribution < -0.4 is 5.32 Å². The number of hydrogen-bond donors (Lipinski definition) is 1. The van der Waals surface area contributed by atoms with Crippen molar-refractivity contribution in [1.82, 2.24) is 10.2 Å². The summed E-state index contributed by atoms with van der Waals surface area (Å²) in [5.41, 5.74) is -0.287. The number of piperidine rings is 1. The highest BCUT2D eigenvalue weighted by molar-refractivity contribution is 5.11. The lowest BCUT2D eigenvalue weighted by Gasteiger charge is -2.41. The first-order valence-corrected chi connectivity index (χ1v) is 6.34. The molecule has 94 valence electrons. The zero-order valence-electron chi connectivity index (χ0n) is 11.1. The first kappa shape index (κ1) is 13.5. The van der Waals surface area contributed by atoms with Gasteiger partial charge < -0.3 is 4.90 Å². The number of rotatable bonds is 3. The van der Waals surface area contributed by atoms with Crippen LogP contribution in [0.1, 0.15) is 48.4 Å². The standard InChI is InChI=1S/C13H25N3.H2/c1-5-8-16-9-6-13(11-14,7-10-16)15-12(2,3)4;/h15H,5-10H2,1-4H3;1H. The van der Waals surface area contributed by atoms with Crippen LogP contribution in [0.3, 0.4) is 0 Å². The normalized spacial score (nSPS) is 21.7. The Balaban J connectivity index is 0.00000256. The number of nitrogens with zero attached hydrogens (tertiary/aromatic N) is 2. The van der Waals surface area contributed by atoms with Crippen LogP contribution in [-0.2, 0) is 0 Å². The van der Waals surface area contributed by atoms with E-state index < -0.39 is 0 Å². The van der Waals surface area contributed by atoms with Crippen molar-refractivity contribution < 1.29 is 1.43 Å². The van der Waals surface area contributed by atoms with E-state index in [0.29, 0.717) is 0 Å². The molecule has 3 heteroatoms. The molecule has 1 aliphatic heterocycles. The van der Waals surface area contributed by atoms with Crippen molar-refractivity contribution in [1.29, 1.82) is 5.26 Å². The SMILES string of the molecule is CCCN1CCC(C#N)(NC(C)(C)C)CC1.[HH]. The van der Waals surface area contributed by atoms with Crippen molar-refractivity contribution in [2.75, 3.05) is 19.6 Å². The predicted octanol–water partition coefficient (Wildman–Crippen LogP) is 2.39. The van der Waals surface area contributed by atoms with Crippen molar-refractivity contribution in [2.45, 2.75) is 58.0 Å². The molecule has 0 saturated carbocycles. The average molecular weight is 225 g/mol. The minimum Gasteiger partial charge on any atom is -0.303 e. The molecule has 0 aliphatic carbocycles. The molecule has 3 nitrogen and oxygen atoms in total. The van der Waals surface area contributed by atoms with Gasteiger partial charge in [-0.2, -0.15) is 5.26 Å². The van der Waals surface area contributed by atoms with E-state index in [4.69, 9.17) is 0 Å². The second-order valence-electron chi connectivity index (χ2n) is 5.91. The Kier molecular flexibility index (Phi) is 4.35. The van der Waals surface area contributed by atoms with Gasteiger partial charge in [-0.1, -0.05) is 6.92 Å². The number of nitriles is 1. The summed E-state index contributed by atoms with van der Waals surface area (Å²) in [6.07, 6.45) is 3.09. The summed E-state index contributed by atoms with van der Waals surface area (Å²) in [5, 5.41) is 12.9. The van der Waals surface area contributed by atoms with Gasteiger partial charge in [0.1, 0.15) is 5.54 Å². The van der Waals surface area contributed by atoms with E-state index in [1.807, 2.05) is 0 Å². The molecule has 0 bridgehead atoms. The van der Waals surface area contributed by atoms with E-state index >= 15 is 0 Å². The van der Waals surface area contributed by atoms with Gasteiger partial charge in [-0.15, -0.1) is 0 Å². The second kappa shape index (κ2) is 5.16. The van der Waals surface area contributed by atoms with Crippen molar-refractivity contribution in [3.63, 3.8) is 0 Å². The zero-order chi connectivity index (χ0) is 12.2. The molecule has 0 atom stereocenters. The van der Waals surface area contributed by atoms with Gasteiger partial charge in [0, 0.05) is 20.1 Å². The molecular weight excluding hydrogens is 198 g/mol. The summed E-state index contributed by atoms with van der Waals surface area (Å²) in [5.74, 6) is 0. The van der Waals surface area contributed by atoms with Crippen molar-refractivity contribution in [3.05, 3.63) is 0 Å². The van der Waals surface area contributed by atoms with Crippen LogP contribution in [0.4, 0.5) is 0 Å². The third-order valence-corrected chi connectivity index (χ3v) is 3.08. The molecule has 1 saturated heterocycles. The second-order valence-corrected chi connectivity index (χ2v) is 5.91. The van der Waals surface area contributed by atoms with Crippen LogP contribution in [0.5, 0.6) is 0 Å². The maximum atomic E-state index is 9.39. The van der Waals surface area contributed by atoms with E-state index in [9.17, 15) is 5.26 Å². The maximum Gasteiger partial charge on any atom is 0.109 e. The van der Waals surface area contributed by atoms with Gasteiger partial charge in [0.25, 0.3) is 0 Å². The first-order valence-electron chi connectivity index (χ1n) is 6.34. The van der Waals surface area contributed by atoms with Crippen molar-refractivity contribution in [3.8, 4) is 6.07 Å². The predicted molar refractivity (Wildman–Crippen MR) is 69.3 cm³/mol. The summed E-state index contributed by atoms with van der Waals surface area (Å²) in [7, 11) is 0. The van der Waals surface area contributed by atoms with E-state index in [1.165, 1.54) is 6.42 Å². The van der Waals surface area contributed by atoms with Gasteiger partial charge in [0.2, 0.25) is 0 Å². The molecule has 1 heterocycles. The van der Waals surface area contributed by atoms with Crippen molar-refractivity contribution >= 4 is 0 Å². The fourth-order valence-corrected chi connectivity index (χ4v) is 2.46. The monoisotopic (exact) mass is 225 g/mol. The zero-order valence-corrected chi connectivity index (χ0v) is 11.1. The van der Waals surface area contributed by atoms with Crippen LogP contribution in [0, 0.1) is 11.3 Å². The van der Waals surface area contributed by atoms with E-state index in [-0.39, 0.29) is 12.5 Å². The fraction of sp³-hybridized carbons (Fsp3) is 0.923. The molecule has 0 aromatic rings. The third kappa shape index (κ3) is 3.77. The van der Waals surface area contributed by atoms with Crippen LogP contribution in [0.25, 0.3) is 0 Å². The molecule has 0 spiro atoms. The van der Waals surface area contributed by atoms with Gasteiger partial charge >= 0.3 is 0 Å². The summed E-state index contributed by atoms with van der Waals surface area (Å²) < 4.78 is 0. The largest absolute Gasteiger partial charge is 0.303 e. The minimum atomic E-state index is -0.303. The quantitative estimate of drug-likeness (QED) is 0.801. The molecule has 0 aromatic carbocycles. The van der Waals surface area contributed by atoms with E-state index in [2.05, 4.69) is 44.0 Å². The summed E-state index contributed by atoms with van der Waals surface area (Å²) >= 11 is 0. The molecular formula is C13H27N3. The molecule has 1 fully saturated rings. The highest BCUT2D eigenvalue weighted by Crippen LogP contribution is 2.24. The highest BCUT2D eigenvalue weighted by Gasteiger charge is 2.37. The molecule has 0 aromatic heterocycles. The number of hydrogen-bond acceptors (Lipinski definition) is 3. The lowest BCUT2D eigenvalue weighted by atomic mass is 9.86. The molecule has 0 unspecified atom stereocenters. The Labute approximate surface area is 101 Å². The summed E-state index contributed by atoms with van der Waals surface area (Å²) in [4.78, 5) is 2.46. The Bertz CT molecular complexity index is 257. The van der Waals surface area contributed by atoms with Crippen LogP contribution in [0.15, 0.2) is 0 Å². The van der Waals surface area contributed by atoms with Gasteiger partial charge in [-0.05, 0) is 46.6 Å². The van der Waals surface area contributed by atoms with Gasteiger partial charge in [0.15, 0.2) is 0 Å². The van der Waals surface area contributed by atoms with E-state index in [0.717, 1.165) is 32.5 Å². The van der Waals surface area contributed by atoms with Crippen LogP contribution >= 0.6 is 0 Å². The molecule has 16 heavy (non-hydrogen) atoms. The molecule has 0 amide bonds. The Morgan fingerprint density at radius 2 is 1.94 bits per heavy atom. The molecule has 1 rings (SSSR count). The number of nitrogens with one attached hydrogen (secondary N) is 1. The van der Waals surface area contributed by atoms with Crippen molar-refractivity contribution in [2.24, 2.45) is 0 Å². The number of likely N-dealkylation sites (tertiary alicyclic amines) is 1. The Morgan fingerprint density at radius 3 is 2.31 bits per heavy atom. The molecule has 0 radical (unpaired) electrons. The summed E-state index contributed by atoms with van der Waals surface area (Å²) in [6.45, 7) is 11.9. The van der Waals surface area contributed by atoms with Gasteiger partial charge in [-0.3, -0.25) is 5.32 Å². The smallest absolute Gasteiger partial charge is 0.109 e. The lowest BCUT2D eigenvalue weighted by molar-refractivity contribution is 0.146. The topological polar surface area (TPSA) is 39.1 Å². The Hall–Kier alpha value is -0.590. The van der Waals surface area contributed by atoms with E-state index in [1.54, 1.807) is 0 Å². The highest BCUT2D eigenvalue weighted by atomic mass is 15.2. The fourth-order valence-electron chi connectivity index (χ4n) is 2.46. The Morgan fingerprint density at radius 1 is 1.38 bits per heavy atom. The maximum absolute atomic E-state index is 9.39. The minimum absolute atomic E-state index is 0. The van der Waals surface area contributed by atoms with Gasteiger partial charge in [-0.25, -0.2) is 0 Å². The molecule has 1 N–H and O–H groups in total. The van der Waals surface area contributed by atoms with Crippen LogP contribution in [-0.4, -0.2) is 35.6 Å². The lowest BCUT2D eigenvalue weighted by Crippen LogP contribution is -2.58. The average Bonchev–Trinajstić information content (AvgIpc) is 2.19. The third-order valence-electron chi connectivity index (χ3n) is 3.08. The van der Waals surface area contributed by atoms with Gasteiger partial charge in [0.05, 0.1) is 6.07 Å². The molecule has 1 aliphatic rings.